The number of nitrogens with one attached hydrogen (secondary N) is 1. The van der Waals surface area contributed by atoms with Crippen molar-refractivity contribution in [2.75, 3.05) is 25.4 Å². The predicted octanol–water partition coefficient (Wildman–Crippen LogP) is 1.78. The Morgan fingerprint density at radius 2 is 2.08 bits per heavy atom. The topological polar surface area (TPSA) is 119 Å². The number of primary amides is 1. The molecule has 8 nitrogen and oxygen atoms in total. The second kappa shape index (κ2) is 9.54. The average Bonchev–Trinajstić information content (AvgIpc) is 2.64. The van der Waals surface area contributed by atoms with Gasteiger partial charge in [-0.1, -0.05) is 6.92 Å². The monoisotopic (exact) mass is 380 g/mol. The Bertz CT molecular complexity index is 677. The average molecular weight is 380 g/mol. The van der Waals surface area contributed by atoms with Gasteiger partial charge in [0.05, 0.1) is 15.6 Å². The SMILES string of the molecule is CCCN(C(=O)CSc1ccc(C(N)=O)cc1[N+](=O)[O-])C1CCNCC1. The molecule has 0 bridgehead atoms. The molecule has 3 N–H and O–H groups in total. The number of carbonyl (C=O) groups is 2. The van der Waals surface area contributed by atoms with Crippen LogP contribution in [0.1, 0.15) is 36.5 Å². The molecule has 142 valence electrons. The summed E-state index contributed by atoms with van der Waals surface area (Å²) in [4.78, 5) is 36.9. The number of benzene rings is 1. The highest BCUT2D eigenvalue weighted by atomic mass is 32.2. The molecule has 1 fully saturated rings. The highest BCUT2D eigenvalue weighted by molar-refractivity contribution is 8.00. The first kappa shape index (κ1) is 20.2. The number of hydrogen-bond donors (Lipinski definition) is 2. The summed E-state index contributed by atoms with van der Waals surface area (Å²) in [6, 6.07) is 4.30. The second-order valence-corrected chi connectivity index (χ2v) is 7.18. The van der Waals surface area contributed by atoms with Gasteiger partial charge >= 0.3 is 0 Å². The van der Waals surface area contributed by atoms with Crippen LogP contribution in [0.4, 0.5) is 5.69 Å². The Labute approximate surface area is 156 Å². The van der Waals surface area contributed by atoms with Crippen LogP contribution in [0, 0.1) is 10.1 Å². The molecular formula is C17H24N4O4S. The molecule has 2 rings (SSSR count). The smallest absolute Gasteiger partial charge is 0.283 e. The third kappa shape index (κ3) is 5.18. The highest BCUT2D eigenvalue weighted by Crippen LogP contribution is 2.30. The van der Waals surface area contributed by atoms with Gasteiger partial charge in [0.15, 0.2) is 0 Å². The van der Waals surface area contributed by atoms with Gasteiger partial charge in [-0.3, -0.25) is 19.7 Å². The molecule has 1 saturated heterocycles. The molecule has 1 aliphatic heterocycles. The lowest BCUT2D eigenvalue weighted by Gasteiger charge is -2.34. The molecule has 0 spiro atoms. The Morgan fingerprint density at radius 3 is 2.65 bits per heavy atom. The lowest BCUT2D eigenvalue weighted by Crippen LogP contribution is -2.47. The van der Waals surface area contributed by atoms with Crippen molar-refractivity contribution in [3.8, 4) is 0 Å². The Morgan fingerprint density at radius 1 is 1.38 bits per heavy atom. The summed E-state index contributed by atoms with van der Waals surface area (Å²) in [5.74, 6) is -0.612. The summed E-state index contributed by atoms with van der Waals surface area (Å²) < 4.78 is 0. The molecule has 0 aromatic heterocycles. The third-order valence-electron chi connectivity index (χ3n) is 4.33. The molecule has 1 heterocycles. The molecule has 26 heavy (non-hydrogen) atoms. The van der Waals surface area contributed by atoms with Crippen LogP contribution in [0.5, 0.6) is 0 Å². The van der Waals surface area contributed by atoms with E-state index in [2.05, 4.69) is 5.32 Å². The number of nitro benzene ring substituents is 1. The van der Waals surface area contributed by atoms with Gasteiger partial charge in [0, 0.05) is 24.2 Å². The van der Waals surface area contributed by atoms with E-state index in [9.17, 15) is 19.7 Å². The van der Waals surface area contributed by atoms with E-state index in [-0.39, 0.29) is 29.0 Å². The van der Waals surface area contributed by atoms with Gasteiger partial charge in [0.25, 0.3) is 5.69 Å². The van der Waals surface area contributed by atoms with Crippen LogP contribution in [0.3, 0.4) is 0 Å². The molecule has 1 aliphatic rings. The van der Waals surface area contributed by atoms with Crippen molar-refractivity contribution in [1.29, 1.82) is 0 Å². The van der Waals surface area contributed by atoms with Gasteiger partial charge < -0.3 is 16.0 Å². The number of hydrogen-bond acceptors (Lipinski definition) is 6. The summed E-state index contributed by atoms with van der Waals surface area (Å²) in [6.07, 6.45) is 2.71. The number of piperidine rings is 1. The first-order valence-corrected chi connectivity index (χ1v) is 9.63. The second-order valence-electron chi connectivity index (χ2n) is 6.16. The van der Waals surface area contributed by atoms with Crippen molar-refractivity contribution >= 4 is 29.3 Å². The summed E-state index contributed by atoms with van der Waals surface area (Å²) in [5, 5.41) is 14.5. The van der Waals surface area contributed by atoms with Crippen molar-refractivity contribution in [2.45, 2.75) is 37.1 Å². The molecule has 0 saturated carbocycles. The standard InChI is InChI=1S/C17H24N4O4S/c1-2-9-20(13-5-7-19-8-6-13)16(22)11-26-15-4-3-12(17(18)23)10-14(15)21(24)25/h3-4,10,13,19H,2,5-9,11H2,1H3,(H2,18,23). The van der Waals surface area contributed by atoms with E-state index in [1.165, 1.54) is 12.1 Å². The lowest BCUT2D eigenvalue weighted by molar-refractivity contribution is -0.387. The highest BCUT2D eigenvalue weighted by Gasteiger charge is 2.25. The van der Waals surface area contributed by atoms with Crippen LogP contribution >= 0.6 is 11.8 Å². The fourth-order valence-electron chi connectivity index (χ4n) is 3.03. The minimum Gasteiger partial charge on any atom is -0.366 e. The zero-order valence-electron chi connectivity index (χ0n) is 14.8. The van der Waals surface area contributed by atoms with Gasteiger partial charge in [0.1, 0.15) is 0 Å². The summed E-state index contributed by atoms with van der Waals surface area (Å²) in [6.45, 7) is 4.51. The minimum atomic E-state index is -0.722. The number of nitrogens with zero attached hydrogens (tertiary/aromatic N) is 2. The van der Waals surface area contributed by atoms with Crippen LogP contribution in [0.15, 0.2) is 23.1 Å². The van der Waals surface area contributed by atoms with Gasteiger partial charge in [-0.15, -0.1) is 11.8 Å². The largest absolute Gasteiger partial charge is 0.366 e. The summed E-state index contributed by atoms with van der Waals surface area (Å²) in [7, 11) is 0. The van der Waals surface area contributed by atoms with Gasteiger partial charge in [-0.25, -0.2) is 0 Å². The molecule has 9 heteroatoms. The molecule has 2 amide bonds. The minimum absolute atomic E-state index is 0.0166. The van der Waals surface area contributed by atoms with Crippen LogP contribution in [0.2, 0.25) is 0 Å². The maximum absolute atomic E-state index is 12.7. The third-order valence-corrected chi connectivity index (χ3v) is 5.37. The van der Waals surface area contributed by atoms with Crippen LogP contribution in [-0.2, 0) is 4.79 Å². The Hall–Kier alpha value is -2.13. The number of rotatable bonds is 8. The molecule has 1 aromatic rings. The van der Waals surface area contributed by atoms with Crippen molar-refractivity contribution in [3.63, 3.8) is 0 Å². The van der Waals surface area contributed by atoms with Crippen LogP contribution < -0.4 is 11.1 Å². The number of nitrogens with two attached hydrogens (primary N) is 1. The fraction of sp³-hybridized carbons (Fsp3) is 0.529. The van der Waals surface area contributed by atoms with Crippen LogP contribution in [-0.4, -0.2) is 53.1 Å². The summed E-state index contributed by atoms with van der Waals surface area (Å²) in [5.41, 5.74) is 5.05. The van der Waals surface area contributed by atoms with Gasteiger partial charge in [0.2, 0.25) is 11.8 Å². The number of nitro groups is 1. The maximum Gasteiger partial charge on any atom is 0.283 e. The van der Waals surface area contributed by atoms with Crippen LogP contribution in [0.25, 0.3) is 0 Å². The van der Waals surface area contributed by atoms with E-state index < -0.39 is 10.8 Å². The Balaban J connectivity index is 2.09. The van der Waals surface area contributed by atoms with Crippen molar-refractivity contribution < 1.29 is 14.5 Å². The molecule has 1 aromatic carbocycles. The molecule has 0 atom stereocenters. The lowest BCUT2D eigenvalue weighted by atomic mass is 10.0. The number of amides is 2. The van der Waals surface area contributed by atoms with Gasteiger partial charge in [-0.05, 0) is 44.5 Å². The maximum atomic E-state index is 12.7. The fourth-order valence-corrected chi connectivity index (χ4v) is 3.92. The predicted molar refractivity (Wildman–Crippen MR) is 100 cm³/mol. The quantitative estimate of drug-likeness (QED) is 0.403. The van der Waals surface area contributed by atoms with E-state index in [1.54, 1.807) is 0 Å². The normalized spacial score (nSPS) is 14.8. The van der Waals surface area contributed by atoms with E-state index in [0.29, 0.717) is 11.4 Å². The molecular weight excluding hydrogens is 356 g/mol. The van der Waals surface area contributed by atoms with Gasteiger partial charge in [-0.2, -0.15) is 0 Å². The van der Waals surface area contributed by atoms with E-state index in [4.69, 9.17) is 5.73 Å². The van der Waals surface area contributed by atoms with E-state index >= 15 is 0 Å². The number of thioether (sulfide) groups is 1. The molecule has 0 radical (unpaired) electrons. The Kier molecular flexibility index (Phi) is 7.40. The summed E-state index contributed by atoms with van der Waals surface area (Å²) >= 11 is 1.12. The first-order chi connectivity index (χ1) is 12.4. The van der Waals surface area contributed by atoms with Crippen molar-refractivity contribution in [3.05, 3.63) is 33.9 Å². The number of carbonyl (C=O) groups excluding carboxylic acids is 2. The molecule has 0 aliphatic carbocycles. The van der Waals surface area contributed by atoms with E-state index in [0.717, 1.165) is 50.2 Å². The van der Waals surface area contributed by atoms with E-state index in [1.807, 2.05) is 11.8 Å². The first-order valence-electron chi connectivity index (χ1n) is 8.65. The van der Waals surface area contributed by atoms with Crippen molar-refractivity contribution in [1.82, 2.24) is 10.2 Å². The van der Waals surface area contributed by atoms with Crippen molar-refractivity contribution in [2.24, 2.45) is 5.73 Å². The zero-order valence-corrected chi connectivity index (χ0v) is 15.6. The molecule has 0 unspecified atom stereocenters. The zero-order chi connectivity index (χ0) is 19.1.